The number of rotatable bonds is 9. The molecule has 2 unspecified atom stereocenters. The van der Waals surface area contributed by atoms with Gasteiger partial charge in [0.2, 0.25) is 0 Å². The normalized spacial score (nSPS) is 14.1. The highest BCUT2D eigenvalue weighted by molar-refractivity contribution is 14.0. The van der Waals surface area contributed by atoms with Crippen LogP contribution in [0.3, 0.4) is 0 Å². The Kier molecular flexibility index (Phi) is 12.4. The lowest BCUT2D eigenvalue weighted by atomic mass is 10.0. The predicted octanol–water partition coefficient (Wildman–Crippen LogP) is 3.71. The third-order valence-electron chi connectivity index (χ3n) is 3.79. The van der Waals surface area contributed by atoms with E-state index in [1.165, 1.54) is 12.1 Å². The van der Waals surface area contributed by atoms with Crippen molar-refractivity contribution in [2.75, 3.05) is 19.7 Å². The van der Waals surface area contributed by atoms with E-state index in [1.807, 2.05) is 6.92 Å². The highest BCUT2D eigenvalue weighted by Gasteiger charge is 2.30. The van der Waals surface area contributed by atoms with Crippen molar-refractivity contribution in [3.05, 3.63) is 29.8 Å². The van der Waals surface area contributed by atoms with Crippen LogP contribution in [0.1, 0.15) is 32.8 Å². The van der Waals surface area contributed by atoms with Gasteiger partial charge in [0.1, 0.15) is 5.75 Å². The molecule has 156 valence electrons. The van der Waals surface area contributed by atoms with Gasteiger partial charge in [0, 0.05) is 31.7 Å². The van der Waals surface area contributed by atoms with Gasteiger partial charge >= 0.3 is 6.36 Å². The van der Waals surface area contributed by atoms with E-state index in [0.29, 0.717) is 18.9 Å². The minimum Gasteiger partial charge on any atom is -0.406 e. The summed E-state index contributed by atoms with van der Waals surface area (Å²) in [5, 5.41) is 16.0. The van der Waals surface area contributed by atoms with E-state index in [1.54, 1.807) is 12.1 Å². The van der Waals surface area contributed by atoms with Crippen LogP contribution in [0.2, 0.25) is 0 Å². The first-order valence-corrected chi connectivity index (χ1v) is 8.77. The number of nitrogens with zero attached hydrogens (tertiary/aromatic N) is 1. The van der Waals surface area contributed by atoms with Crippen molar-refractivity contribution in [1.82, 2.24) is 10.6 Å². The van der Waals surface area contributed by atoms with Gasteiger partial charge in [0.05, 0.1) is 0 Å². The molecular formula is C18H29F3IN3O2. The average molecular weight is 503 g/mol. The first kappa shape index (κ1) is 25.8. The van der Waals surface area contributed by atoms with Gasteiger partial charge in [0.25, 0.3) is 0 Å². The lowest BCUT2D eigenvalue weighted by molar-refractivity contribution is -0.274. The maximum absolute atomic E-state index is 12.2. The van der Waals surface area contributed by atoms with Crippen molar-refractivity contribution in [3.63, 3.8) is 0 Å². The van der Waals surface area contributed by atoms with E-state index in [2.05, 4.69) is 34.2 Å². The number of aliphatic hydroxyl groups is 1. The molecule has 0 amide bonds. The smallest absolute Gasteiger partial charge is 0.406 e. The third kappa shape index (κ3) is 11.3. The van der Waals surface area contributed by atoms with Gasteiger partial charge in [-0.1, -0.05) is 19.1 Å². The van der Waals surface area contributed by atoms with E-state index < -0.39 is 6.36 Å². The van der Waals surface area contributed by atoms with Crippen molar-refractivity contribution in [1.29, 1.82) is 0 Å². The molecule has 2 atom stereocenters. The summed E-state index contributed by atoms with van der Waals surface area (Å²) in [4.78, 5) is 4.50. The van der Waals surface area contributed by atoms with Crippen molar-refractivity contribution < 1.29 is 23.0 Å². The zero-order valence-electron chi connectivity index (χ0n) is 15.8. The summed E-state index contributed by atoms with van der Waals surface area (Å²) in [6, 6.07) is 5.96. The van der Waals surface area contributed by atoms with Gasteiger partial charge in [-0.2, -0.15) is 0 Å². The van der Waals surface area contributed by atoms with E-state index in [9.17, 15) is 18.3 Å². The Bertz CT molecular complexity index is 554. The number of alkyl halides is 3. The number of guanidine groups is 1. The first-order chi connectivity index (χ1) is 12.3. The maximum Gasteiger partial charge on any atom is 0.573 e. The molecule has 9 heteroatoms. The number of benzene rings is 1. The molecule has 0 aliphatic carbocycles. The number of hydrogen-bond acceptors (Lipinski definition) is 3. The van der Waals surface area contributed by atoms with Crippen LogP contribution in [-0.4, -0.2) is 43.2 Å². The molecule has 0 radical (unpaired) electrons. The van der Waals surface area contributed by atoms with Crippen LogP contribution in [0.5, 0.6) is 5.75 Å². The predicted molar refractivity (Wildman–Crippen MR) is 112 cm³/mol. The van der Waals surface area contributed by atoms with E-state index in [0.717, 1.165) is 18.5 Å². The molecule has 1 aromatic carbocycles. The second-order valence-electron chi connectivity index (χ2n) is 6.12. The van der Waals surface area contributed by atoms with Crippen LogP contribution in [0.15, 0.2) is 29.3 Å². The standard InChI is InChI=1S/C18H28F3N3O2.HI/c1-4-13(3)24-17(22-5-2)23-11-15(12-25)10-14-6-8-16(9-7-14)26-18(19,20)21;/h6-9,13,15,25H,4-5,10-12H2,1-3H3,(H2,22,23,24);1H. The Morgan fingerprint density at radius 3 is 2.33 bits per heavy atom. The second-order valence-corrected chi connectivity index (χ2v) is 6.12. The molecule has 0 aromatic heterocycles. The summed E-state index contributed by atoms with van der Waals surface area (Å²) in [5.74, 6) is 0.304. The summed E-state index contributed by atoms with van der Waals surface area (Å²) in [6.45, 7) is 7.18. The van der Waals surface area contributed by atoms with Gasteiger partial charge in [-0.15, -0.1) is 37.1 Å². The Labute approximate surface area is 175 Å². The monoisotopic (exact) mass is 503 g/mol. The molecule has 0 aliphatic heterocycles. The lowest BCUT2D eigenvalue weighted by Gasteiger charge is -2.18. The minimum absolute atomic E-state index is 0. The molecular weight excluding hydrogens is 474 g/mol. The van der Waals surface area contributed by atoms with Crippen molar-refractivity contribution in [2.45, 2.75) is 46.0 Å². The largest absolute Gasteiger partial charge is 0.573 e. The first-order valence-electron chi connectivity index (χ1n) is 8.77. The Hall–Kier alpha value is -1.23. The Morgan fingerprint density at radius 2 is 1.85 bits per heavy atom. The van der Waals surface area contributed by atoms with Crippen molar-refractivity contribution in [2.24, 2.45) is 10.9 Å². The third-order valence-corrected chi connectivity index (χ3v) is 3.79. The number of halogens is 4. The minimum atomic E-state index is -4.70. The van der Waals surface area contributed by atoms with Crippen molar-refractivity contribution in [3.8, 4) is 5.75 Å². The summed E-state index contributed by atoms with van der Waals surface area (Å²) < 4.78 is 40.4. The maximum atomic E-state index is 12.2. The molecule has 0 saturated heterocycles. The van der Waals surface area contributed by atoms with Gasteiger partial charge in [-0.25, -0.2) is 0 Å². The van der Waals surface area contributed by atoms with Gasteiger partial charge in [-0.05, 0) is 44.4 Å². The lowest BCUT2D eigenvalue weighted by Crippen LogP contribution is -2.42. The summed E-state index contributed by atoms with van der Waals surface area (Å²) in [7, 11) is 0. The van der Waals surface area contributed by atoms with Gasteiger partial charge in [0.15, 0.2) is 5.96 Å². The highest BCUT2D eigenvalue weighted by atomic mass is 127. The van der Waals surface area contributed by atoms with Crippen molar-refractivity contribution >= 4 is 29.9 Å². The summed E-state index contributed by atoms with van der Waals surface area (Å²) >= 11 is 0. The number of aliphatic hydroxyl groups excluding tert-OH is 1. The fourth-order valence-corrected chi connectivity index (χ4v) is 2.22. The molecule has 0 spiro atoms. The number of nitrogens with one attached hydrogen (secondary N) is 2. The van der Waals surface area contributed by atoms with Crippen LogP contribution in [-0.2, 0) is 6.42 Å². The molecule has 0 aliphatic rings. The quantitative estimate of drug-likeness (QED) is 0.273. The highest BCUT2D eigenvalue weighted by Crippen LogP contribution is 2.23. The molecule has 0 bridgehead atoms. The fourth-order valence-electron chi connectivity index (χ4n) is 2.22. The topological polar surface area (TPSA) is 65.9 Å². The van der Waals surface area contributed by atoms with Crippen LogP contribution < -0.4 is 15.4 Å². The molecule has 1 rings (SSSR count). The Morgan fingerprint density at radius 1 is 1.22 bits per heavy atom. The summed E-state index contributed by atoms with van der Waals surface area (Å²) in [6.07, 6.45) is -3.23. The number of ether oxygens (including phenoxy) is 1. The van der Waals surface area contributed by atoms with Gasteiger partial charge in [-0.3, -0.25) is 4.99 Å². The van der Waals surface area contributed by atoms with Crippen LogP contribution >= 0.6 is 24.0 Å². The molecule has 27 heavy (non-hydrogen) atoms. The zero-order chi connectivity index (χ0) is 19.6. The number of aliphatic imine (C=N–C) groups is 1. The SMILES string of the molecule is CCNC(=NCC(CO)Cc1ccc(OC(F)(F)F)cc1)NC(C)CC.I. The van der Waals surface area contributed by atoms with E-state index >= 15 is 0 Å². The summed E-state index contributed by atoms with van der Waals surface area (Å²) in [5.41, 5.74) is 0.814. The second kappa shape index (κ2) is 13.0. The molecule has 0 saturated carbocycles. The number of hydrogen-bond donors (Lipinski definition) is 3. The van der Waals surface area contributed by atoms with Crippen LogP contribution in [0, 0.1) is 5.92 Å². The fraction of sp³-hybridized carbons (Fsp3) is 0.611. The molecule has 1 aromatic rings. The van der Waals surface area contributed by atoms with E-state index in [4.69, 9.17) is 0 Å². The molecule has 0 heterocycles. The zero-order valence-corrected chi connectivity index (χ0v) is 18.2. The molecule has 3 N–H and O–H groups in total. The Balaban J connectivity index is 0.00000676. The molecule has 5 nitrogen and oxygen atoms in total. The van der Waals surface area contributed by atoms with E-state index in [-0.39, 0.29) is 48.3 Å². The van der Waals surface area contributed by atoms with Crippen LogP contribution in [0.25, 0.3) is 0 Å². The van der Waals surface area contributed by atoms with Crippen LogP contribution in [0.4, 0.5) is 13.2 Å². The average Bonchev–Trinajstić information content (AvgIpc) is 2.58. The van der Waals surface area contributed by atoms with Gasteiger partial charge < -0.3 is 20.5 Å². The molecule has 0 fully saturated rings.